The predicted octanol–water partition coefficient (Wildman–Crippen LogP) is 3.05. The van der Waals surface area contributed by atoms with Crippen molar-refractivity contribution in [3.63, 3.8) is 0 Å². The van der Waals surface area contributed by atoms with E-state index in [0.29, 0.717) is 0 Å². The molecule has 0 aromatic carbocycles. The first-order chi connectivity index (χ1) is 7.83. The lowest BCUT2D eigenvalue weighted by molar-refractivity contribution is 0.909. The Balaban J connectivity index is 2.14. The first-order valence-electron chi connectivity index (χ1n) is 5.36. The SMILES string of the molecule is CCCc1ncc(-c2nnc(NCC)s2)s1. The van der Waals surface area contributed by atoms with Gasteiger partial charge < -0.3 is 5.32 Å². The van der Waals surface area contributed by atoms with E-state index in [9.17, 15) is 0 Å². The smallest absolute Gasteiger partial charge is 0.206 e. The van der Waals surface area contributed by atoms with Gasteiger partial charge in [0.1, 0.15) is 0 Å². The number of hydrogen-bond donors (Lipinski definition) is 1. The Labute approximate surface area is 103 Å². The highest BCUT2D eigenvalue weighted by Crippen LogP contribution is 2.30. The molecule has 4 nitrogen and oxygen atoms in total. The van der Waals surface area contributed by atoms with Crippen LogP contribution in [-0.2, 0) is 6.42 Å². The minimum absolute atomic E-state index is 0.873. The minimum atomic E-state index is 0.873. The van der Waals surface area contributed by atoms with E-state index in [2.05, 4.69) is 27.4 Å². The molecular formula is C10H14N4S2. The van der Waals surface area contributed by atoms with Crippen molar-refractivity contribution in [1.29, 1.82) is 0 Å². The molecule has 0 saturated heterocycles. The first kappa shape index (κ1) is 11.5. The molecule has 0 atom stereocenters. The topological polar surface area (TPSA) is 50.7 Å². The third kappa shape index (κ3) is 2.56. The monoisotopic (exact) mass is 254 g/mol. The van der Waals surface area contributed by atoms with Gasteiger partial charge in [-0.25, -0.2) is 4.98 Å². The highest BCUT2D eigenvalue weighted by molar-refractivity contribution is 7.23. The fourth-order valence-corrected chi connectivity index (χ4v) is 3.15. The number of aryl methyl sites for hydroxylation is 1. The summed E-state index contributed by atoms with van der Waals surface area (Å²) in [4.78, 5) is 5.49. The van der Waals surface area contributed by atoms with E-state index in [1.54, 1.807) is 22.7 Å². The van der Waals surface area contributed by atoms with Gasteiger partial charge in [0.05, 0.1) is 9.88 Å². The van der Waals surface area contributed by atoms with Crippen LogP contribution >= 0.6 is 22.7 Å². The third-order valence-electron chi connectivity index (χ3n) is 1.98. The zero-order valence-corrected chi connectivity index (χ0v) is 11.0. The lowest BCUT2D eigenvalue weighted by Crippen LogP contribution is -1.94. The van der Waals surface area contributed by atoms with Crippen molar-refractivity contribution in [2.24, 2.45) is 0 Å². The second-order valence-electron chi connectivity index (χ2n) is 3.31. The average molecular weight is 254 g/mol. The second kappa shape index (κ2) is 5.36. The lowest BCUT2D eigenvalue weighted by Gasteiger charge is -1.91. The van der Waals surface area contributed by atoms with Crippen molar-refractivity contribution in [2.45, 2.75) is 26.7 Å². The molecule has 1 N–H and O–H groups in total. The molecule has 0 fully saturated rings. The third-order valence-corrected chi connectivity index (χ3v) is 4.09. The molecule has 0 unspecified atom stereocenters. The fourth-order valence-electron chi connectivity index (χ4n) is 1.28. The van der Waals surface area contributed by atoms with Crippen LogP contribution in [0.1, 0.15) is 25.3 Å². The summed E-state index contributed by atoms with van der Waals surface area (Å²) in [6.07, 6.45) is 4.07. The Kier molecular flexibility index (Phi) is 3.84. The minimum Gasteiger partial charge on any atom is -0.360 e. The summed E-state index contributed by atoms with van der Waals surface area (Å²) in [5.41, 5.74) is 0. The average Bonchev–Trinajstić information content (AvgIpc) is 2.87. The zero-order chi connectivity index (χ0) is 11.4. The quantitative estimate of drug-likeness (QED) is 0.891. The van der Waals surface area contributed by atoms with Gasteiger partial charge in [-0.15, -0.1) is 21.5 Å². The molecule has 2 rings (SSSR count). The van der Waals surface area contributed by atoms with E-state index < -0.39 is 0 Å². The van der Waals surface area contributed by atoms with Crippen LogP contribution in [0.2, 0.25) is 0 Å². The first-order valence-corrected chi connectivity index (χ1v) is 6.99. The molecule has 6 heteroatoms. The maximum absolute atomic E-state index is 4.37. The standard InChI is InChI=1S/C10H14N4S2/c1-3-5-8-12-6-7(15-8)9-13-14-10(16-9)11-4-2/h6H,3-5H2,1-2H3,(H,11,14). The van der Waals surface area contributed by atoms with E-state index in [4.69, 9.17) is 0 Å². The van der Waals surface area contributed by atoms with Gasteiger partial charge >= 0.3 is 0 Å². The molecule has 0 aliphatic carbocycles. The number of anilines is 1. The number of hydrogen-bond acceptors (Lipinski definition) is 6. The van der Waals surface area contributed by atoms with Gasteiger partial charge in [0.15, 0.2) is 5.01 Å². The van der Waals surface area contributed by atoms with Gasteiger partial charge in [-0.3, -0.25) is 0 Å². The van der Waals surface area contributed by atoms with Crippen LogP contribution in [0.3, 0.4) is 0 Å². The van der Waals surface area contributed by atoms with E-state index >= 15 is 0 Å². The molecule has 2 aromatic rings. The summed E-state index contributed by atoms with van der Waals surface area (Å²) in [5, 5.41) is 14.4. The summed E-state index contributed by atoms with van der Waals surface area (Å²) in [7, 11) is 0. The molecule has 2 heterocycles. The Hall–Kier alpha value is -1.01. The van der Waals surface area contributed by atoms with Gasteiger partial charge in [0.2, 0.25) is 5.13 Å². The molecule has 86 valence electrons. The lowest BCUT2D eigenvalue weighted by atomic mass is 10.4. The van der Waals surface area contributed by atoms with E-state index in [0.717, 1.165) is 34.4 Å². The molecule has 0 bridgehead atoms. The number of thiazole rings is 1. The van der Waals surface area contributed by atoms with E-state index in [-0.39, 0.29) is 0 Å². The van der Waals surface area contributed by atoms with Crippen molar-refractivity contribution < 1.29 is 0 Å². The molecule has 0 radical (unpaired) electrons. The summed E-state index contributed by atoms with van der Waals surface area (Å²) in [6.45, 7) is 5.08. The van der Waals surface area contributed by atoms with Crippen LogP contribution in [0.25, 0.3) is 9.88 Å². The van der Waals surface area contributed by atoms with Crippen molar-refractivity contribution in [3.8, 4) is 9.88 Å². The van der Waals surface area contributed by atoms with Gasteiger partial charge in [-0.1, -0.05) is 18.3 Å². The highest BCUT2D eigenvalue weighted by Gasteiger charge is 2.09. The molecular weight excluding hydrogens is 240 g/mol. The van der Waals surface area contributed by atoms with Crippen LogP contribution in [0.15, 0.2) is 6.20 Å². The van der Waals surface area contributed by atoms with Gasteiger partial charge in [-0.05, 0) is 19.8 Å². The predicted molar refractivity (Wildman–Crippen MR) is 69.2 cm³/mol. The molecule has 16 heavy (non-hydrogen) atoms. The van der Waals surface area contributed by atoms with Crippen molar-refractivity contribution >= 4 is 27.8 Å². The largest absolute Gasteiger partial charge is 0.360 e. The van der Waals surface area contributed by atoms with Crippen LogP contribution < -0.4 is 5.32 Å². The second-order valence-corrected chi connectivity index (χ2v) is 5.40. The van der Waals surface area contributed by atoms with Gasteiger partial charge in [0, 0.05) is 12.7 Å². The number of rotatable bonds is 5. The zero-order valence-electron chi connectivity index (χ0n) is 9.36. The van der Waals surface area contributed by atoms with Crippen molar-refractivity contribution in [1.82, 2.24) is 15.2 Å². The van der Waals surface area contributed by atoms with Crippen LogP contribution in [-0.4, -0.2) is 21.7 Å². The van der Waals surface area contributed by atoms with Crippen molar-refractivity contribution in [3.05, 3.63) is 11.2 Å². The van der Waals surface area contributed by atoms with Gasteiger partial charge in [0.25, 0.3) is 0 Å². The molecule has 0 amide bonds. The summed E-state index contributed by atoms with van der Waals surface area (Å²) in [5.74, 6) is 0. The van der Waals surface area contributed by atoms with Gasteiger partial charge in [-0.2, -0.15) is 0 Å². The normalized spacial score (nSPS) is 10.6. The molecule has 2 aromatic heterocycles. The summed E-state index contributed by atoms with van der Waals surface area (Å²) < 4.78 is 0. The maximum Gasteiger partial charge on any atom is 0.206 e. The Morgan fingerprint density at radius 3 is 2.88 bits per heavy atom. The highest BCUT2D eigenvalue weighted by atomic mass is 32.1. The summed E-state index contributed by atoms with van der Waals surface area (Å²) in [6, 6.07) is 0. The van der Waals surface area contributed by atoms with Crippen LogP contribution in [0.5, 0.6) is 0 Å². The molecule has 0 saturated carbocycles. The molecule has 0 aliphatic heterocycles. The number of aromatic nitrogens is 3. The Morgan fingerprint density at radius 2 is 2.12 bits per heavy atom. The van der Waals surface area contributed by atoms with Crippen LogP contribution in [0.4, 0.5) is 5.13 Å². The number of nitrogens with one attached hydrogen (secondary N) is 1. The Bertz CT molecular complexity index is 407. The maximum atomic E-state index is 4.37. The van der Waals surface area contributed by atoms with Crippen LogP contribution in [0, 0.1) is 0 Å². The summed E-state index contributed by atoms with van der Waals surface area (Å²) >= 11 is 3.29. The van der Waals surface area contributed by atoms with E-state index in [1.165, 1.54) is 5.01 Å². The molecule has 0 spiro atoms. The number of nitrogens with zero attached hydrogens (tertiary/aromatic N) is 3. The van der Waals surface area contributed by atoms with Crippen molar-refractivity contribution in [2.75, 3.05) is 11.9 Å². The fraction of sp³-hybridized carbons (Fsp3) is 0.500. The molecule has 0 aliphatic rings. The van der Waals surface area contributed by atoms with E-state index in [1.807, 2.05) is 13.1 Å². The Morgan fingerprint density at radius 1 is 1.25 bits per heavy atom.